The van der Waals surface area contributed by atoms with Crippen LogP contribution in [0.2, 0.25) is 0 Å². The predicted octanol–water partition coefficient (Wildman–Crippen LogP) is 2.34. The molecule has 17 heavy (non-hydrogen) atoms. The summed E-state index contributed by atoms with van der Waals surface area (Å²) in [7, 11) is 2.85. The van der Waals surface area contributed by atoms with E-state index in [0.29, 0.717) is 11.1 Å². The topological polar surface area (TPSA) is 55.8 Å². The van der Waals surface area contributed by atoms with Gasteiger partial charge in [0.25, 0.3) is 0 Å². The van der Waals surface area contributed by atoms with Crippen molar-refractivity contribution in [2.24, 2.45) is 0 Å². The summed E-state index contributed by atoms with van der Waals surface area (Å²) in [5.74, 6) is 0.0694. The van der Waals surface area contributed by atoms with Crippen molar-refractivity contribution in [1.29, 1.82) is 0 Å². The summed E-state index contributed by atoms with van der Waals surface area (Å²) in [5.41, 5.74) is 0.158. The zero-order valence-corrected chi connectivity index (χ0v) is 9.56. The number of benzene rings is 2. The average Bonchev–Trinajstić information content (AvgIpc) is 2.38. The van der Waals surface area contributed by atoms with Gasteiger partial charge in [0.05, 0.1) is 14.2 Å². The highest BCUT2D eigenvalue weighted by atomic mass is 16.5. The molecule has 2 aromatic rings. The Morgan fingerprint density at radius 3 is 2.59 bits per heavy atom. The van der Waals surface area contributed by atoms with E-state index in [2.05, 4.69) is 4.74 Å². The van der Waals surface area contributed by atoms with Crippen LogP contribution in [0.15, 0.2) is 30.3 Å². The van der Waals surface area contributed by atoms with Crippen LogP contribution in [0.1, 0.15) is 10.4 Å². The smallest absolute Gasteiger partial charge is 0.341 e. The maximum Gasteiger partial charge on any atom is 0.341 e. The Labute approximate surface area is 98.4 Å². The fourth-order valence-electron chi connectivity index (χ4n) is 1.69. The van der Waals surface area contributed by atoms with Gasteiger partial charge in [-0.1, -0.05) is 6.07 Å². The Morgan fingerprint density at radius 1 is 1.18 bits per heavy atom. The highest BCUT2D eigenvalue weighted by Crippen LogP contribution is 2.31. The summed E-state index contributed by atoms with van der Waals surface area (Å²) in [6, 6.07) is 8.49. The number of phenols is 1. The minimum absolute atomic E-state index is 0.0722. The third kappa shape index (κ3) is 1.89. The van der Waals surface area contributed by atoms with Crippen molar-refractivity contribution in [1.82, 2.24) is 0 Å². The first-order valence-corrected chi connectivity index (χ1v) is 5.05. The van der Waals surface area contributed by atoms with Crippen molar-refractivity contribution in [2.75, 3.05) is 14.2 Å². The van der Waals surface area contributed by atoms with Crippen molar-refractivity contribution >= 4 is 16.7 Å². The molecule has 0 bridgehead atoms. The number of ether oxygens (including phenoxy) is 2. The van der Waals surface area contributed by atoms with Gasteiger partial charge in [-0.3, -0.25) is 0 Å². The Hall–Kier alpha value is -2.23. The SMILES string of the molecule is COC(=O)c1ccc2cc(OC)ccc2c1O. The molecular weight excluding hydrogens is 220 g/mol. The van der Waals surface area contributed by atoms with E-state index in [1.54, 1.807) is 31.4 Å². The lowest BCUT2D eigenvalue weighted by atomic mass is 10.1. The molecule has 4 heteroatoms. The minimum Gasteiger partial charge on any atom is -0.506 e. The van der Waals surface area contributed by atoms with E-state index in [0.717, 1.165) is 5.39 Å². The molecule has 0 aliphatic heterocycles. The molecule has 2 aromatic carbocycles. The lowest BCUT2D eigenvalue weighted by Gasteiger charge is -2.07. The van der Waals surface area contributed by atoms with Crippen LogP contribution in [0.3, 0.4) is 0 Å². The average molecular weight is 232 g/mol. The van der Waals surface area contributed by atoms with Crippen molar-refractivity contribution in [3.63, 3.8) is 0 Å². The minimum atomic E-state index is -0.555. The molecule has 0 spiro atoms. The van der Waals surface area contributed by atoms with Gasteiger partial charge in [0.1, 0.15) is 17.1 Å². The third-order valence-electron chi connectivity index (χ3n) is 2.60. The number of carbonyl (C=O) groups is 1. The van der Waals surface area contributed by atoms with Crippen LogP contribution >= 0.6 is 0 Å². The second-order valence-corrected chi connectivity index (χ2v) is 3.54. The van der Waals surface area contributed by atoms with Gasteiger partial charge >= 0.3 is 5.97 Å². The first kappa shape index (κ1) is 11.3. The molecule has 0 radical (unpaired) electrons. The Balaban J connectivity index is 2.64. The largest absolute Gasteiger partial charge is 0.506 e. The summed E-state index contributed by atoms with van der Waals surface area (Å²) in [5, 5.41) is 11.4. The zero-order valence-electron chi connectivity index (χ0n) is 9.56. The molecule has 0 amide bonds. The number of rotatable bonds is 2. The van der Waals surface area contributed by atoms with Crippen molar-refractivity contribution in [3.05, 3.63) is 35.9 Å². The van der Waals surface area contributed by atoms with Crippen LogP contribution in [0, 0.1) is 0 Å². The molecule has 0 aromatic heterocycles. The van der Waals surface area contributed by atoms with Crippen molar-refractivity contribution < 1.29 is 19.4 Å². The first-order chi connectivity index (χ1) is 8.17. The van der Waals surface area contributed by atoms with Gasteiger partial charge in [-0.05, 0) is 29.7 Å². The maximum absolute atomic E-state index is 11.4. The van der Waals surface area contributed by atoms with Gasteiger partial charge in [0, 0.05) is 5.39 Å². The molecule has 2 rings (SSSR count). The Kier molecular flexibility index (Phi) is 2.87. The molecule has 4 nitrogen and oxygen atoms in total. The van der Waals surface area contributed by atoms with E-state index >= 15 is 0 Å². The molecule has 0 atom stereocenters. The van der Waals surface area contributed by atoms with Crippen LogP contribution in [-0.4, -0.2) is 25.3 Å². The van der Waals surface area contributed by atoms with E-state index < -0.39 is 5.97 Å². The highest BCUT2D eigenvalue weighted by molar-refractivity contribution is 6.01. The second kappa shape index (κ2) is 4.33. The Morgan fingerprint density at radius 2 is 1.94 bits per heavy atom. The predicted molar refractivity (Wildman–Crippen MR) is 63.5 cm³/mol. The highest BCUT2D eigenvalue weighted by Gasteiger charge is 2.14. The number of fused-ring (bicyclic) bond motifs is 1. The normalized spacial score (nSPS) is 10.2. The van der Waals surface area contributed by atoms with E-state index in [4.69, 9.17) is 4.74 Å². The van der Waals surface area contributed by atoms with Crippen LogP contribution in [0.5, 0.6) is 11.5 Å². The number of esters is 1. The standard InChI is InChI=1S/C13H12O4/c1-16-9-4-6-10-8(7-9)3-5-11(12(10)14)13(15)17-2/h3-7,14H,1-2H3. The Bertz CT molecular complexity index is 575. The number of hydrogen-bond acceptors (Lipinski definition) is 4. The van der Waals surface area contributed by atoms with E-state index in [1.165, 1.54) is 13.2 Å². The first-order valence-electron chi connectivity index (χ1n) is 5.05. The zero-order chi connectivity index (χ0) is 12.4. The molecule has 0 aliphatic rings. The number of hydrogen-bond donors (Lipinski definition) is 1. The number of aromatic hydroxyl groups is 1. The third-order valence-corrected chi connectivity index (χ3v) is 2.60. The summed E-state index contributed by atoms with van der Waals surface area (Å²) >= 11 is 0. The number of phenolic OH excluding ortho intramolecular Hbond substituents is 1. The van der Waals surface area contributed by atoms with Crippen LogP contribution in [0.4, 0.5) is 0 Å². The van der Waals surface area contributed by atoms with Gasteiger partial charge in [0.2, 0.25) is 0 Å². The van der Waals surface area contributed by atoms with Gasteiger partial charge in [-0.2, -0.15) is 0 Å². The summed E-state index contributed by atoms with van der Waals surface area (Å²) < 4.78 is 9.68. The van der Waals surface area contributed by atoms with Gasteiger partial charge in [-0.15, -0.1) is 0 Å². The van der Waals surface area contributed by atoms with Crippen LogP contribution < -0.4 is 4.74 Å². The number of methoxy groups -OCH3 is 2. The number of carbonyl (C=O) groups excluding carboxylic acids is 1. The van der Waals surface area contributed by atoms with Crippen molar-refractivity contribution in [3.8, 4) is 11.5 Å². The van der Waals surface area contributed by atoms with Gasteiger partial charge in [-0.25, -0.2) is 4.79 Å². The molecule has 1 N–H and O–H groups in total. The van der Waals surface area contributed by atoms with E-state index in [9.17, 15) is 9.90 Å². The molecule has 0 unspecified atom stereocenters. The molecule has 0 saturated carbocycles. The maximum atomic E-state index is 11.4. The molecule has 0 aliphatic carbocycles. The van der Waals surface area contributed by atoms with E-state index in [1.807, 2.05) is 0 Å². The molecule has 88 valence electrons. The van der Waals surface area contributed by atoms with E-state index in [-0.39, 0.29) is 11.3 Å². The molecular formula is C13H12O4. The quantitative estimate of drug-likeness (QED) is 0.807. The fraction of sp³-hybridized carbons (Fsp3) is 0.154. The fourth-order valence-corrected chi connectivity index (χ4v) is 1.69. The second-order valence-electron chi connectivity index (χ2n) is 3.54. The van der Waals surface area contributed by atoms with Gasteiger partial charge in [0.15, 0.2) is 0 Å². The summed E-state index contributed by atoms with van der Waals surface area (Å²) in [4.78, 5) is 11.4. The van der Waals surface area contributed by atoms with Crippen LogP contribution in [-0.2, 0) is 4.74 Å². The lowest BCUT2D eigenvalue weighted by Crippen LogP contribution is -2.01. The van der Waals surface area contributed by atoms with Crippen molar-refractivity contribution in [2.45, 2.75) is 0 Å². The summed E-state index contributed by atoms with van der Waals surface area (Å²) in [6.45, 7) is 0. The van der Waals surface area contributed by atoms with Crippen LogP contribution in [0.25, 0.3) is 10.8 Å². The molecule has 0 fully saturated rings. The molecule has 0 saturated heterocycles. The van der Waals surface area contributed by atoms with Gasteiger partial charge < -0.3 is 14.6 Å². The summed E-state index contributed by atoms with van der Waals surface area (Å²) in [6.07, 6.45) is 0. The molecule has 0 heterocycles. The lowest BCUT2D eigenvalue weighted by molar-refractivity contribution is 0.0598. The monoisotopic (exact) mass is 232 g/mol.